The Kier molecular flexibility index (Phi) is 5.23. The molecule has 146 valence electrons. The summed E-state index contributed by atoms with van der Waals surface area (Å²) in [7, 11) is 1.57. The zero-order valence-corrected chi connectivity index (χ0v) is 16.5. The molecule has 1 aliphatic rings. The van der Waals surface area contributed by atoms with Crippen molar-refractivity contribution in [3.8, 4) is 5.75 Å². The van der Waals surface area contributed by atoms with Gasteiger partial charge in [-0.25, -0.2) is 0 Å². The van der Waals surface area contributed by atoms with E-state index >= 15 is 0 Å². The van der Waals surface area contributed by atoms with E-state index in [9.17, 15) is 14.7 Å². The van der Waals surface area contributed by atoms with Crippen molar-refractivity contribution in [3.63, 3.8) is 0 Å². The van der Waals surface area contributed by atoms with E-state index in [0.717, 1.165) is 5.56 Å². The number of hydrogen-bond donors (Lipinski definition) is 1. The molecular weight excluding hydrogens is 356 g/mol. The van der Waals surface area contributed by atoms with E-state index in [-0.39, 0.29) is 17.9 Å². The molecule has 0 aliphatic carbocycles. The lowest BCUT2D eigenvalue weighted by Crippen LogP contribution is -2.33. The molecule has 1 atom stereocenters. The highest BCUT2D eigenvalue weighted by Gasteiger charge is 2.46. The first kappa shape index (κ1) is 19.6. The summed E-state index contributed by atoms with van der Waals surface area (Å²) in [5.74, 6) is -0.687. The van der Waals surface area contributed by atoms with Crippen LogP contribution in [0.1, 0.15) is 38.1 Å². The molecule has 1 amide bonds. The normalized spacial score (nSPS) is 17.2. The third-order valence-electron chi connectivity index (χ3n) is 4.68. The fourth-order valence-corrected chi connectivity index (χ4v) is 3.27. The van der Waals surface area contributed by atoms with Crippen LogP contribution in [0.2, 0.25) is 0 Å². The van der Waals surface area contributed by atoms with Gasteiger partial charge in [0.1, 0.15) is 11.8 Å². The minimum absolute atomic E-state index is 0.0964. The van der Waals surface area contributed by atoms with Gasteiger partial charge >= 0.3 is 0 Å². The first-order valence-corrected chi connectivity index (χ1v) is 9.07. The second kappa shape index (κ2) is 7.46. The van der Waals surface area contributed by atoms with Crippen LogP contribution in [0.3, 0.4) is 0 Å². The molecule has 0 fully saturated rings. The van der Waals surface area contributed by atoms with Crippen molar-refractivity contribution in [2.45, 2.75) is 33.4 Å². The standard InChI is InChI=1S/C22H24N2O4/c1-22(2,3)20(26)17-18(16-10-5-6-11-23-16)24(21(27)19(17)25)13-14-8-7-9-15(12-14)28-4/h5-12,18,25H,13H2,1-4H3. The Hall–Kier alpha value is -3.15. The number of hydrogen-bond acceptors (Lipinski definition) is 5. The maximum Gasteiger partial charge on any atom is 0.290 e. The van der Waals surface area contributed by atoms with Crippen LogP contribution in [0.5, 0.6) is 5.75 Å². The number of ketones is 1. The largest absolute Gasteiger partial charge is 0.503 e. The van der Waals surface area contributed by atoms with Crippen molar-refractivity contribution in [1.82, 2.24) is 9.88 Å². The van der Waals surface area contributed by atoms with Gasteiger partial charge in [-0.2, -0.15) is 0 Å². The van der Waals surface area contributed by atoms with Crippen LogP contribution >= 0.6 is 0 Å². The zero-order chi connectivity index (χ0) is 20.5. The SMILES string of the molecule is COc1cccc(CN2C(=O)C(O)=C(C(=O)C(C)(C)C)C2c2ccccn2)c1. The Balaban J connectivity index is 2.06. The number of pyridine rings is 1. The summed E-state index contributed by atoms with van der Waals surface area (Å²) in [6.45, 7) is 5.50. The molecule has 2 heterocycles. The number of carbonyl (C=O) groups excluding carboxylic acids is 2. The molecule has 28 heavy (non-hydrogen) atoms. The van der Waals surface area contributed by atoms with Crippen LogP contribution in [0.4, 0.5) is 0 Å². The molecular formula is C22H24N2O4. The van der Waals surface area contributed by atoms with E-state index in [1.807, 2.05) is 24.3 Å². The van der Waals surface area contributed by atoms with Gasteiger partial charge in [0, 0.05) is 18.2 Å². The third kappa shape index (κ3) is 3.63. The highest BCUT2D eigenvalue weighted by molar-refractivity contribution is 6.10. The molecule has 2 aromatic rings. The van der Waals surface area contributed by atoms with Gasteiger partial charge in [0.25, 0.3) is 5.91 Å². The monoisotopic (exact) mass is 380 g/mol. The van der Waals surface area contributed by atoms with E-state index in [0.29, 0.717) is 11.4 Å². The van der Waals surface area contributed by atoms with Crippen LogP contribution < -0.4 is 4.74 Å². The first-order chi connectivity index (χ1) is 13.2. The maximum atomic E-state index is 13.1. The topological polar surface area (TPSA) is 79.7 Å². The summed E-state index contributed by atoms with van der Waals surface area (Å²) in [5.41, 5.74) is 0.711. The molecule has 0 saturated heterocycles. The fourth-order valence-electron chi connectivity index (χ4n) is 3.27. The van der Waals surface area contributed by atoms with Gasteiger partial charge in [-0.3, -0.25) is 14.6 Å². The summed E-state index contributed by atoms with van der Waals surface area (Å²) >= 11 is 0. The summed E-state index contributed by atoms with van der Waals surface area (Å²) < 4.78 is 5.25. The molecule has 0 bridgehead atoms. The number of aliphatic hydroxyl groups excluding tert-OH is 1. The predicted octanol–water partition coefficient (Wildman–Crippen LogP) is 3.60. The van der Waals surface area contributed by atoms with Crippen molar-refractivity contribution in [3.05, 3.63) is 71.3 Å². The van der Waals surface area contributed by atoms with Crippen LogP contribution in [0.15, 0.2) is 60.0 Å². The van der Waals surface area contributed by atoms with Gasteiger partial charge in [0.15, 0.2) is 11.5 Å². The number of nitrogens with zero attached hydrogens (tertiary/aromatic N) is 2. The van der Waals surface area contributed by atoms with Gasteiger partial charge in [-0.05, 0) is 29.8 Å². The lowest BCUT2D eigenvalue weighted by atomic mass is 9.83. The first-order valence-electron chi connectivity index (χ1n) is 9.07. The molecule has 1 unspecified atom stereocenters. The Labute approximate surface area is 164 Å². The van der Waals surface area contributed by atoms with Gasteiger partial charge in [-0.1, -0.05) is 39.0 Å². The van der Waals surface area contributed by atoms with Crippen LogP contribution in [-0.2, 0) is 16.1 Å². The smallest absolute Gasteiger partial charge is 0.290 e. The molecule has 3 rings (SSSR count). The number of aromatic nitrogens is 1. The molecule has 1 aliphatic heterocycles. The molecule has 1 N–H and O–H groups in total. The fraction of sp³-hybridized carbons (Fsp3) is 0.318. The van der Waals surface area contributed by atoms with Gasteiger partial charge in [-0.15, -0.1) is 0 Å². The summed E-state index contributed by atoms with van der Waals surface area (Å²) in [6, 6.07) is 11.9. The number of ether oxygens (including phenoxy) is 1. The molecule has 0 saturated carbocycles. The highest BCUT2D eigenvalue weighted by atomic mass is 16.5. The van der Waals surface area contributed by atoms with Gasteiger partial charge < -0.3 is 14.7 Å². The number of carbonyl (C=O) groups is 2. The Morgan fingerprint density at radius 2 is 1.96 bits per heavy atom. The number of aliphatic hydroxyl groups is 1. The number of amides is 1. The van der Waals surface area contributed by atoms with Crippen molar-refractivity contribution >= 4 is 11.7 Å². The van der Waals surface area contributed by atoms with E-state index in [4.69, 9.17) is 4.74 Å². The predicted molar refractivity (Wildman–Crippen MR) is 105 cm³/mol. The quantitative estimate of drug-likeness (QED) is 0.857. The van der Waals surface area contributed by atoms with Crippen LogP contribution in [0, 0.1) is 5.41 Å². The molecule has 6 heteroatoms. The average molecular weight is 380 g/mol. The second-order valence-corrected chi connectivity index (χ2v) is 7.78. The van der Waals surface area contributed by atoms with Crippen LogP contribution in [-0.4, -0.2) is 33.8 Å². The van der Waals surface area contributed by atoms with Gasteiger partial charge in [0.05, 0.1) is 18.4 Å². The number of methoxy groups -OCH3 is 1. The summed E-state index contributed by atoms with van der Waals surface area (Å²) in [6.07, 6.45) is 1.61. The lowest BCUT2D eigenvalue weighted by Gasteiger charge is -2.28. The maximum absolute atomic E-state index is 13.1. The van der Waals surface area contributed by atoms with Crippen LogP contribution in [0.25, 0.3) is 0 Å². The molecule has 1 aromatic carbocycles. The zero-order valence-electron chi connectivity index (χ0n) is 16.5. The molecule has 0 spiro atoms. The molecule has 0 radical (unpaired) electrons. The van der Waals surface area contributed by atoms with E-state index in [1.54, 1.807) is 52.3 Å². The minimum atomic E-state index is -0.747. The summed E-state index contributed by atoms with van der Waals surface area (Å²) in [5, 5.41) is 10.6. The van der Waals surface area contributed by atoms with Gasteiger partial charge in [0.2, 0.25) is 0 Å². The minimum Gasteiger partial charge on any atom is -0.503 e. The van der Waals surface area contributed by atoms with E-state index in [1.165, 1.54) is 4.90 Å². The second-order valence-electron chi connectivity index (χ2n) is 7.78. The number of Topliss-reactive ketones (excluding diaryl/α,β-unsaturated/α-hetero) is 1. The number of rotatable bonds is 5. The van der Waals surface area contributed by atoms with E-state index < -0.39 is 23.1 Å². The van der Waals surface area contributed by atoms with Crippen molar-refractivity contribution < 1.29 is 19.4 Å². The van der Waals surface area contributed by atoms with Crippen molar-refractivity contribution in [2.24, 2.45) is 5.41 Å². The summed E-state index contributed by atoms with van der Waals surface area (Å²) in [4.78, 5) is 31.8. The van der Waals surface area contributed by atoms with Crippen molar-refractivity contribution in [2.75, 3.05) is 7.11 Å². The van der Waals surface area contributed by atoms with E-state index in [2.05, 4.69) is 4.98 Å². The Bertz CT molecular complexity index is 929. The molecule has 1 aromatic heterocycles. The third-order valence-corrected chi connectivity index (χ3v) is 4.68. The molecule has 6 nitrogen and oxygen atoms in total. The number of benzene rings is 1. The van der Waals surface area contributed by atoms with Crippen molar-refractivity contribution in [1.29, 1.82) is 0 Å². The Morgan fingerprint density at radius 3 is 2.57 bits per heavy atom. The highest BCUT2D eigenvalue weighted by Crippen LogP contribution is 2.41. The lowest BCUT2D eigenvalue weighted by molar-refractivity contribution is -0.130. The average Bonchev–Trinajstić information content (AvgIpc) is 2.92. The Morgan fingerprint density at radius 1 is 1.21 bits per heavy atom.